The number of hydrogen-bond donors (Lipinski definition) is 3. The Morgan fingerprint density at radius 3 is 3.00 bits per heavy atom. The molecule has 1 saturated heterocycles. The second-order valence-corrected chi connectivity index (χ2v) is 5.80. The monoisotopic (exact) mass is 344 g/mol. The SMILES string of the molecule is N#CNC(=NCc1ccc(Cl)cc1)N[C@H]1CCO[C@@H]1c1cnc[nH]1. The second-order valence-electron chi connectivity index (χ2n) is 5.37. The minimum absolute atomic E-state index is 0.00951. The number of rotatable bonds is 4. The van der Waals surface area contributed by atoms with Gasteiger partial charge >= 0.3 is 0 Å². The molecular formula is C16H17ClN6O. The van der Waals surface area contributed by atoms with E-state index in [1.54, 1.807) is 12.5 Å². The Morgan fingerprint density at radius 2 is 2.29 bits per heavy atom. The van der Waals surface area contributed by atoms with Crippen LogP contribution in [0.5, 0.6) is 0 Å². The van der Waals surface area contributed by atoms with E-state index >= 15 is 0 Å². The summed E-state index contributed by atoms with van der Waals surface area (Å²) in [5, 5.41) is 15.5. The van der Waals surface area contributed by atoms with Crippen LogP contribution in [0.3, 0.4) is 0 Å². The molecule has 0 saturated carbocycles. The minimum atomic E-state index is -0.145. The average Bonchev–Trinajstić information content (AvgIpc) is 3.25. The number of nitrogens with one attached hydrogen (secondary N) is 3. The molecule has 0 aliphatic carbocycles. The molecule has 1 aromatic heterocycles. The van der Waals surface area contributed by atoms with Gasteiger partial charge in [-0.05, 0) is 24.1 Å². The Kier molecular flexibility index (Phi) is 5.31. The fraction of sp³-hybridized carbons (Fsp3) is 0.312. The summed E-state index contributed by atoms with van der Waals surface area (Å²) < 4.78 is 5.75. The molecule has 0 unspecified atom stereocenters. The van der Waals surface area contributed by atoms with Gasteiger partial charge in [0.15, 0.2) is 6.19 Å². The molecule has 1 fully saturated rings. The Bertz CT molecular complexity index is 722. The van der Waals surface area contributed by atoms with Crippen molar-refractivity contribution in [1.82, 2.24) is 20.6 Å². The Hall–Kier alpha value is -2.56. The zero-order valence-corrected chi connectivity index (χ0v) is 13.6. The van der Waals surface area contributed by atoms with E-state index in [9.17, 15) is 0 Å². The number of nitrogens with zero attached hydrogens (tertiary/aromatic N) is 3. The van der Waals surface area contributed by atoms with E-state index in [1.807, 2.05) is 30.5 Å². The summed E-state index contributed by atoms with van der Waals surface area (Å²) >= 11 is 5.88. The van der Waals surface area contributed by atoms with Crippen LogP contribution < -0.4 is 10.6 Å². The van der Waals surface area contributed by atoms with Crippen molar-refractivity contribution in [3.63, 3.8) is 0 Å². The molecule has 2 heterocycles. The summed E-state index contributed by atoms with van der Waals surface area (Å²) in [5.41, 5.74) is 1.91. The molecular weight excluding hydrogens is 328 g/mol. The molecule has 1 aromatic carbocycles. The van der Waals surface area contributed by atoms with Crippen molar-refractivity contribution in [2.24, 2.45) is 4.99 Å². The number of halogens is 1. The van der Waals surface area contributed by atoms with Crippen LogP contribution in [0.25, 0.3) is 0 Å². The van der Waals surface area contributed by atoms with E-state index in [0.717, 1.165) is 17.7 Å². The van der Waals surface area contributed by atoms with Crippen molar-refractivity contribution < 1.29 is 4.74 Å². The summed E-state index contributed by atoms with van der Waals surface area (Å²) in [7, 11) is 0. The van der Waals surface area contributed by atoms with Gasteiger partial charge in [-0.1, -0.05) is 23.7 Å². The fourth-order valence-corrected chi connectivity index (χ4v) is 2.70. The quantitative estimate of drug-likeness (QED) is 0.341. The van der Waals surface area contributed by atoms with Crippen molar-refractivity contribution in [1.29, 1.82) is 5.26 Å². The van der Waals surface area contributed by atoms with Crippen LogP contribution in [0.2, 0.25) is 5.02 Å². The van der Waals surface area contributed by atoms with E-state index in [2.05, 4.69) is 25.6 Å². The number of H-pyrrole nitrogens is 1. The molecule has 0 spiro atoms. The molecule has 24 heavy (non-hydrogen) atoms. The number of aromatic nitrogens is 2. The maximum Gasteiger partial charge on any atom is 0.205 e. The number of hydrogen-bond acceptors (Lipinski definition) is 4. The lowest BCUT2D eigenvalue weighted by Crippen LogP contribution is -2.43. The average molecular weight is 345 g/mol. The van der Waals surface area contributed by atoms with Gasteiger partial charge in [-0.2, -0.15) is 5.26 Å². The van der Waals surface area contributed by atoms with Crippen LogP contribution in [0.15, 0.2) is 41.8 Å². The van der Waals surface area contributed by atoms with Crippen LogP contribution in [0.4, 0.5) is 0 Å². The number of ether oxygens (including phenoxy) is 1. The molecule has 1 aliphatic rings. The normalized spacial score (nSPS) is 20.6. The molecule has 1 aliphatic heterocycles. The highest BCUT2D eigenvalue weighted by molar-refractivity contribution is 6.30. The van der Waals surface area contributed by atoms with Gasteiger partial charge in [0.1, 0.15) is 6.10 Å². The topological polar surface area (TPSA) is 98.1 Å². The van der Waals surface area contributed by atoms with Crippen molar-refractivity contribution in [3.05, 3.63) is 53.1 Å². The van der Waals surface area contributed by atoms with Gasteiger partial charge in [0, 0.05) is 11.6 Å². The number of aliphatic imine (C=N–C) groups is 1. The van der Waals surface area contributed by atoms with Gasteiger partial charge in [0.05, 0.1) is 30.8 Å². The van der Waals surface area contributed by atoms with Crippen LogP contribution in [0.1, 0.15) is 23.8 Å². The zero-order valence-electron chi connectivity index (χ0n) is 12.9. The number of aromatic amines is 1. The van der Waals surface area contributed by atoms with Gasteiger partial charge < -0.3 is 15.0 Å². The maximum atomic E-state index is 8.95. The molecule has 8 heteroatoms. The lowest BCUT2D eigenvalue weighted by molar-refractivity contribution is 0.0988. The third kappa shape index (κ3) is 4.04. The lowest BCUT2D eigenvalue weighted by atomic mass is 10.1. The van der Waals surface area contributed by atoms with Gasteiger partial charge in [0.2, 0.25) is 5.96 Å². The fourth-order valence-electron chi connectivity index (χ4n) is 2.58. The largest absolute Gasteiger partial charge is 0.370 e. The first-order valence-corrected chi connectivity index (χ1v) is 7.94. The molecule has 2 atom stereocenters. The third-order valence-electron chi connectivity index (χ3n) is 3.75. The number of imidazole rings is 1. The summed E-state index contributed by atoms with van der Waals surface area (Å²) in [5.74, 6) is 0.424. The number of nitriles is 1. The molecule has 3 rings (SSSR count). The zero-order chi connectivity index (χ0) is 16.8. The second kappa shape index (κ2) is 7.81. The molecule has 2 aromatic rings. The molecule has 0 bridgehead atoms. The third-order valence-corrected chi connectivity index (χ3v) is 4.00. The smallest absolute Gasteiger partial charge is 0.205 e. The lowest BCUT2D eigenvalue weighted by Gasteiger charge is -2.20. The predicted octanol–water partition coefficient (Wildman–Crippen LogP) is 2.11. The number of benzene rings is 1. The van der Waals surface area contributed by atoms with E-state index in [0.29, 0.717) is 24.1 Å². The summed E-state index contributed by atoms with van der Waals surface area (Å²) in [6, 6.07) is 7.45. The van der Waals surface area contributed by atoms with Crippen molar-refractivity contribution in [2.45, 2.75) is 25.1 Å². The summed E-state index contributed by atoms with van der Waals surface area (Å²) in [4.78, 5) is 11.5. The molecule has 0 radical (unpaired) electrons. The van der Waals surface area contributed by atoms with E-state index in [-0.39, 0.29) is 12.1 Å². The van der Waals surface area contributed by atoms with Crippen molar-refractivity contribution in [2.75, 3.05) is 6.61 Å². The van der Waals surface area contributed by atoms with E-state index in [4.69, 9.17) is 21.6 Å². The van der Waals surface area contributed by atoms with E-state index < -0.39 is 0 Å². The molecule has 124 valence electrons. The van der Waals surface area contributed by atoms with Gasteiger partial charge in [-0.15, -0.1) is 0 Å². The van der Waals surface area contributed by atoms with Crippen LogP contribution in [-0.2, 0) is 11.3 Å². The maximum absolute atomic E-state index is 8.95. The van der Waals surface area contributed by atoms with Crippen molar-refractivity contribution >= 4 is 17.6 Å². The van der Waals surface area contributed by atoms with Gasteiger partial charge in [0.25, 0.3) is 0 Å². The number of guanidine groups is 1. The Balaban J connectivity index is 1.68. The predicted molar refractivity (Wildman–Crippen MR) is 90.2 cm³/mol. The first-order chi connectivity index (χ1) is 11.8. The molecule has 7 nitrogen and oxygen atoms in total. The first-order valence-electron chi connectivity index (χ1n) is 7.56. The highest BCUT2D eigenvalue weighted by Gasteiger charge is 2.31. The summed E-state index contributed by atoms with van der Waals surface area (Å²) in [6.07, 6.45) is 5.95. The van der Waals surface area contributed by atoms with Crippen LogP contribution in [0, 0.1) is 11.5 Å². The standard InChI is InChI=1S/C16H17ClN6O/c17-12-3-1-11(2-4-12)7-20-16(21-9-18)23-13-5-6-24-15(13)14-8-19-10-22-14/h1-4,8,10,13,15H,5-7H2,(H,19,22)(H2,20,21,23)/t13-,15-/m0/s1. The Morgan fingerprint density at radius 1 is 1.46 bits per heavy atom. The van der Waals surface area contributed by atoms with E-state index in [1.165, 1.54) is 0 Å². The Labute approximate surface area is 144 Å². The van der Waals surface area contributed by atoms with Crippen molar-refractivity contribution in [3.8, 4) is 6.19 Å². The highest BCUT2D eigenvalue weighted by Crippen LogP contribution is 2.27. The van der Waals surface area contributed by atoms with Gasteiger partial charge in [-0.25, -0.2) is 9.98 Å². The first kappa shape index (κ1) is 16.3. The minimum Gasteiger partial charge on any atom is -0.370 e. The molecule has 0 amide bonds. The highest BCUT2D eigenvalue weighted by atomic mass is 35.5. The van der Waals surface area contributed by atoms with Crippen LogP contribution in [-0.4, -0.2) is 28.6 Å². The molecule has 3 N–H and O–H groups in total. The summed E-state index contributed by atoms with van der Waals surface area (Å²) in [6.45, 7) is 1.08. The van der Waals surface area contributed by atoms with Crippen LogP contribution >= 0.6 is 11.6 Å². The van der Waals surface area contributed by atoms with Gasteiger partial charge in [-0.3, -0.25) is 5.32 Å².